The van der Waals surface area contributed by atoms with Gasteiger partial charge in [0.05, 0.1) is 4.90 Å². The lowest BCUT2D eigenvalue weighted by Gasteiger charge is -2.26. The molecule has 0 saturated heterocycles. The third-order valence-electron chi connectivity index (χ3n) is 3.86. The van der Waals surface area contributed by atoms with Crippen molar-refractivity contribution in [1.82, 2.24) is 10.0 Å². The quantitative estimate of drug-likeness (QED) is 0.804. The summed E-state index contributed by atoms with van der Waals surface area (Å²) < 4.78 is 27.8. The number of nitrogens with one attached hydrogen (secondary N) is 2. The van der Waals surface area contributed by atoms with Crippen molar-refractivity contribution in [1.29, 1.82) is 0 Å². The van der Waals surface area contributed by atoms with Crippen LogP contribution in [0.25, 0.3) is 0 Å². The first-order valence-corrected chi connectivity index (χ1v) is 10.4. The van der Waals surface area contributed by atoms with E-state index in [1.165, 1.54) is 24.2 Å². The first kappa shape index (κ1) is 16.3. The fourth-order valence-electron chi connectivity index (χ4n) is 2.63. The molecule has 0 aromatic carbocycles. The van der Waals surface area contributed by atoms with Crippen molar-refractivity contribution in [3.63, 3.8) is 0 Å². The molecule has 2 rings (SSSR count). The van der Waals surface area contributed by atoms with E-state index < -0.39 is 10.0 Å². The molecule has 0 atom stereocenters. The van der Waals surface area contributed by atoms with Gasteiger partial charge in [-0.1, -0.05) is 12.8 Å². The third-order valence-corrected chi connectivity index (χ3v) is 7.82. The maximum absolute atomic E-state index is 12.5. The Bertz CT molecular complexity index is 534. The van der Waals surface area contributed by atoms with Crippen LogP contribution in [0.15, 0.2) is 16.3 Å². The van der Waals surface area contributed by atoms with Gasteiger partial charge in [0.2, 0.25) is 10.0 Å². The first-order chi connectivity index (χ1) is 9.53. The Kier molecular flexibility index (Phi) is 5.53. The number of hydrogen-bond donors (Lipinski definition) is 2. The van der Waals surface area contributed by atoms with Crippen molar-refractivity contribution in [2.75, 3.05) is 19.8 Å². The van der Waals surface area contributed by atoms with Crippen molar-refractivity contribution < 1.29 is 8.42 Å². The molecule has 7 heteroatoms. The molecule has 1 aromatic rings. The molecule has 0 aliphatic heterocycles. The van der Waals surface area contributed by atoms with Gasteiger partial charge in [0.1, 0.15) is 0 Å². The van der Waals surface area contributed by atoms with Crippen molar-refractivity contribution in [3.05, 3.63) is 16.3 Å². The van der Waals surface area contributed by atoms with Crippen LogP contribution >= 0.6 is 23.1 Å². The minimum absolute atomic E-state index is 0.0895. The summed E-state index contributed by atoms with van der Waals surface area (Å²) >= 11 is 3.27. The fraction of sp³-hybridized carbons (Fsp3) is 0.692. The topological polar surface area (TPSA) is 58.2 Å². The van der Waals surface area contributed by atoms with E-state index in [1.54, 1.807) is 17.8 Å². The molecule has 1 aliphatic carbocycles. The van der Waals surface area contributed by atoms with Gasteiger partial charge in [0.25, 0.3) is 0 Å². The highest BCUT2D eigenvalue weighted by Gasteiger charge is 2.34. The van der Waals surface area contributed by atoms with Gasteiger partial charge >= 0.3 is 0 Å². The van der Waals surface area contributed by atoms with Crippen molar-refractivity contribution in [3.8, 4) is 0 Å². The lowest BCUT2D eigenvalue weighted by molar-refractivity contribution is 0.550. The molecule has 0 spiro atoms. The van der Waals surface area contributed by atoms with E-state index in [9.17, 15) is 8.42 Å². The zero-order valence-electron chi connectivity index (χ0n) is 11.9. The smallest absolute Gasteiger partial charge is 0.241 e. The van der Waals surface area contributed by atoms with Crippen LogP contribution < -0.4 is 10.0 Å². The third kappa shape index (κ3) is 3.57. The van der Waals surface area contributed by atoms with Gasteiger partial charge in [-0.3, -0.25) is 0 Å². The van der Waals surface area contributed by atoms with Crippen molar-refractivity contribution in [2.24, 2.45) is 0 Å². The summed E-state index contributed by atoms with van der Waals surface area (Å²) in [5.74, 6) is 0. The SMILES string of the molecule is CNCc1sccc1S(=O)(=O)NCC1(SC)CCCC1. The monoisotopic (exact) mass is 334 g/mol. The Labute approximate surface area is 129 Å². The molecule has 0 bridgehead atoms. The fourth-order valence-corrected chi connectivity index (χ4v) is 6.22. The predicted molar refractivity (Wildman–Crippen MR) is 87.0 cm³/mol. The van der Waals surface area contributed by atoms with Crippen LogP contribution in [0.3, 0.4) is 0 Å². The summed E-state index contributed by atoms with van der Waals surface area (Å²) in [5, 5.41) is 4.85. The summed E-state index contributed by atoms with van der Waals surface area (Å²) in [6, 6.07) is 1.69. The zero-order chi connectivity index (χ0) is 14.6. The molecular weight excluding hydrogens is 312 g/mol. The molecule has 1 aromatic heterocycles. The zero-order valence-corrected chi connectivity index (χ0v) is 14.4. The number of thioether (sulfide) groups is 1. The van der Waals surface area contributed by atoms with Gasteiger partial charge in [-0.25, -0.2) is 13.1 Å². The summed E-state index contributed by atoms with van der Waals surface area (Å²) in [7, 11) is -1.57. The Hall–Kier alpha value is -0.0800. The highest BCUT2D eigenvalue weighted by Crippen LogP contribution is 2.39. The summed E-state index contributed by atoms with van der Waals surface area (Å²) in [5.41, 5.74) is 0. The van der Waals surface area contributed by atoms with Gasteiger partial charge in [0.15, 0.2) is 0 Å². The molecule has 20 heavy (non-hydrogen) atoms. The van der Waals surface area contributed by atoms with Crippen LogP contribution in [0.4, 0.5) is 0 Å². The Morgan fingerprint density at radius 3 is 2.70 bits per heavy atom. The second-order valence-corrected chi connectivity index (χ2v) is 9.17. The number of rotatable bonds is 7. The van der Waals surface area contributed by atoms with Crippen LogP contribution in [-0.2, 0) is 16.6 Å². The van der Waals surface area contributed by atoms with E-state index in [1.807, 2.05) is 12.4 Å². The largest absolute Gasteiger partial charge is 0.315 e. The minimum atomic E-state index is -3.40. The van der Waals surface area contributed by atoms with Gasteiger partial charge in [0, 0.05) is 22.7 Å². The maximum Gasteiger partial charge on any atom is 0.241 e. The summed E-state index contributed by atoms with van der Waals surface area (Å²) in [6.07, 6.45) is 6.68. The molecule has 114 valence electrons. The van der Waals surface area contributed by atoms with Gasteiger partial charge in [-0.05, 0) is 37.6 Å². The molecule has 2 N–H and O–H groups in total. The molecule has 0 unspecified atom stereocenters. The maximum atomic E-state index is 12.5. The molecular formula is C13H22N2O2S3. The molecule has 4 nitrogen and oxygen atoms in total. The molecule has 1 heterocycles. The summed E-state index contributed by atoms with van der Waals surface area (Å²) in [4.78, 5) is 1.29. The number of sulfonamides is 1. The molecule has 0 amide bonds. The Morgan fingerprint density at radius 1 is 1.40 bits per heavy atom. The lowest BCUT2D eigenvalue weighted by Crippen LogP contribution is -2.38. The highest BCUT2D eigenvalue weighted by molar-refractivity contribution is 8.00. The average Bonchev–Trinajstić information content (AvgIpc) is 3.07. The van der Waals surface area contributed by atoms with Crippen LogP contribution in [0.2, 0.25) is 0 Å². The highest BCUT2D eigenvalue weighted by atomic mass is 32.2. The molecule has 1 fully saturated rings. The van der Waals surface area contributed by atoms with Crippen LogP contribution in [0.5, 0.6) is 0 Å². The summed E-state index contributed by atoms with van der Waals surface area (Å²) in [6.45, 7) is 1.12. The Morgan fingerprint density at radius 2 is 2.10 bits per heavy atom. The molecule has 0 radical (unpaired) electrons. The molecule has 1 aliphatic rings. The van der Waals surface area contributed by atoms with E-state index in [4.69, 9.17) is 0 Å². The number of hydrogen-bond acceptors (Lipinski definition) is 5. The lowest BCUT2D eigenvalue weighted by atomic mass is 10.1. The van der Waals surface area contributed by atoms with Crippen LogP contribution in [0, 0.1) is 0 Å². The van der Waals surface area contributed by atoms with E-state index >= 15 is 0 Å². The van der Waals surface area contributed by atoms with Gasteiger partial charge < -0.3 is 5.32 Å². The van der Waals surface area contributed by atoms with Crippen LogP contribution in [-0.4, -0.2) is 33.0 Å². The number of thiophene rings is 1. The van der Waals surface area contributed by atoms with E-state index in [2.05, 4.69) is 16.3 Å². The van der Waals surface area contributed by atoms with Crippen molar-refractivity contribution >= 4 is 33.1 Å². The second-order valence-electron chi connectivity index (χ2n) is 5.16. The van der Waals surface area contributed by atoms with E-state index in [0.717, 1.165) is 17.7 Å². The standard InChI is InChI=1S/C13H22N2O2S3/c1-14-9-11-12(5-8-19-11)20(16,17)15-10-13(18-2)6-3-4-7-13/h5,8,14-15H,3-4,6-7,9-10H2,1-2H3. The van der Waals surface area contributed by atoms with Crippen molar-refractivity contribution in [2.45, 2.75) is 41.9 Å². The van der Waals surface area contributed by atoms with Gasteiger partial charge in [-0.15, -0.1) is 11.3 Å². The predicted octanol–water partition coefficient (Wildman–Crippen LogP) is 2.42. The average molecular weight is 335 g/mol. The first-order valence-electron chi connectivity index (χ1n) is 6.79. The van der Waals surface area contributed by atoms with E-state index in [0.29, 0.717) is 18.0 Å². The van der Waals surface area contributed by atoms with Crippen LogP contribution in [0.1, 0.15) is 30.6 Å². The van der Waals surface area contributed by atoms with Gasteiger partial charge in [-0.2, -0.15) is 11.8 Å². The Balaban J connectivity index is 2.09. The normalized spacial score (nSPS) is 18.5. The molecule has 1 saturated carbocycles. The second kappa shape index (κ2) is 6.79. The minimum Gasteiger partial charge on any atom is -0.315 e. The van der Waals surface area contributed by atoms with E-state index in [-0.39, 0.29) is 4.75 Å².